The van der Waals surface area contributed by atoms with Crippen molar-refractivity contribution in [3.05, 3.63) is 37.3 Å². The largest absolute Gasteiger partial charge is 0.338 e. The summed E-state index contributed by atoms with van der Waals surface area (Å²) in [4.78, 5) is 40.2. The molecule has 130 valence electrons. The Morgan fingerprint density at radius 1 is 1.52 bits per heavy atom. The molecular formula is C16H15BrN4O3S. The summed E-state index contributed by atoms with van der Waals surface area (Å²) >= 11 is 4.92. The van der Waals surface area contributed by atoms with E-state index < -0.39 is 22.7 Å². The second-order valence-electron chi connectivity index (χ2n) is 6.38. The Morgan fingerprint density at radius 3 is 2.92 bits per heavy atom. The molecule has 1 amide bonds. The SMILES string of the molecule is CC(C)(C#N)NC(=O)CC1CSc2cc(Br)cc3[nH]c(=O)c(=O)n1c23. The van der Waals surface area contributed by atoms with Crippen molar-refractivity contribution < 1.29 is 4.79 Å². The minimum atomic E-state index is -0.990. The molecule has 7 nitrogen and oxygen atoms in total. The lowest BCUT2D eigenvalue weighted by molar-refractivity contribution is -0.122. The van der Waals surface area contributed by atoms with Crippen LogP contribution in [0.4, 0.5) is 0 Å². The van der Waals surface area contributed by atoms with Gasteiger partial charge in [0.1, 0.15) is 5.54 Å². The van der Waals surface area contributed by atoms with E-state index in [4.69, 9.17) is 5.26 Å². The van der Waals surface area contributed by atoms with Gasteiger partial charge < -0.3 is 10.3 Å². The van der Waals surface area contributed by atoms with Gasteiger partial charge in [-0.2, -0.15) is 5.26 Å². The Balaban J connectivity index is 2.06. The Kier molecular flexibility index (Phi) is 4.51. The maximum Gasteiger partial charge on any atom is 0.317 e. The van der Waals surface area contributed by atoms with Gasteiger partial charge in [0.05, 0.1) is 23.1 Å². The Morgan fingerprint density at radius 2 is 2.24 bits per heavy atom. The van der Waals surface area contributed by atoms with Gasteiger partial charge in [-0.15, -0.1) is 11.8 Å². The van der Waals surface area contributed by atoms with E-state index in [9.17, 15) is 14.4 Å². The first kappa shape index (κ1) is 17.8. The molecule has 9 heteroatoms. The maximum absolute atomic E-state index is 12.4. The lowest BCUT2D eigenvalue weighted by Crippen LogP contribution is -2.45. The number of thioether (sulfide) groups is 1. The van der Waals surface area contributed by atoms with E-state index in [0.29, 0.717) is 16.8 Å². The summed E-state index contributed by atoms with van der Waals surface area (Å²) in [7, 11) is 0. The molecule has 0 radical (unpaired) electrons. The molecule has 1 unspecified atom stereocenters. The highest BCUT2D eigenvalue weighted by atomic mass is 79.9. The van der Waals surface area contributed by atoms with Gasteiger partial charge in [-0.1, -0.05) is 15.9 Å². The second kappa shape index (κ2) is 6.35. The average molecular weight is 423 g/mol. The third-order valence-corrected chi connectivity index (χ3v) is 5.52. The zero-order valence-electron chi connectivity index (χ0n) is 13.6. The number of nitrogens with zero attached hydrogens (tertiary/aromatic N) is 2. The van der Waals surface area contributed by atoms with Crippen LogP contribution in [0.5, 0.6) is 0 Å². The van der Waals surface area contributed by atoms with Crippen LogP contribution < -0.4 is 16.4 Å². The molecule has 1 aliphatic rings. The van der Waals surface area contributed by atoms with Crippen LogP contribution in [0.25, 0.3) is 11.0 Å². The number of carbonyl (C=O) groups is 1. The van der Waals surface area contributed by atoms with Crippen LogP contribution >= 0.6 is 27.7 Å². The van der Waals surface area contributed by atoms with Crippen molar-refractivity contribution in [1.29, 1.82) is 5.26 Å². The number of hydrogen-bond acceptors (Lipinski definition) is 5. The highest BCUT2D eigenvalue weighted by Gasteiger charge is 2.28. The number of hydrogen-bond donors (Lipinski definition) is 2. The van der Waals surface area contributed by atoms with Gasteiger partial charge in [0.15, 0.2) is 0 Å². The predicted molar refractivity (Wildman–Crippen MR) is 98.7 cm³/mol. The molecule has 2 heterocycles. The molecule has 0 bridgehead atoms. The molecule has 2 N–H and O–H groups in total. The number of aromatic amines is 1. The Hall–Kier alpha value is -2.05. The van der Waals surface area contributed by atoms with Gasteiger partial charge in [0.2, 0.25) is 5.91 Å². The number of rotatable bonds is 3. The number of amides is 1. The van der Waals surface area contributed by atoms with Crippen molar-refractivity contribution in [2.45, 2.75) is 36.7 Å². The van der Waals surface area contributed by atoms with Crippen molar-refractivity contribution in [2.75, 3.05) is 5.75 Å². The molecule has 25 heavy (non-hydrogen) atoms. The van der Waals surface area contributed by atoms with Crippen LogP contribution in [0.15, 0.2) is 31.1 Å². The molecule has 0 aliphatic carbocycles. The standard InChI is InChI=1S/C16H15BrN4O3S/c1-16(2,7-18)20-12(22)5-9-6-25-11-4-8(17)3-10-13(11)21(9)15(24)14(23)19-10/h3-4,9H,5-6H2,1-2H3,(H,19,23)(H,20,22). The van der Waals surface area contributed by atoms with Crippen molar-refractivity contribution in [3.8, 4) is 6.07 Å². The van der Waals surface area contributed by atoms with Crippen LogP contribution in [0.3, 0.4) is 0 Å². The van der Waals surface area contributed by atoms with E-state index in [-0.39, 0.29) is 12.3 Å². The van der Waals surface area contributed by atoms with E-state index >= 15 is 0 Å². The quantitative estimate of drug-likeness (QED) is 0.734. The lowest BCUT2D eigenvalue weighted by atomic mass is 10.1. The van der Waals surface area contributed by atoms with Crippen LogP contribution in [0.1, 0.15) is 26.3 Å². The topological polar surface area (TPSA) is 108 Å². The summed E-state index contributed by atoms with van der Waals surface area (Å²) in [5.74, 6) is 0.153. The van der Waals surface area contributed by atoms with Gasteiger partial charge in [-0.05, 0) is 26.0 Å². The average Bonchev–Trinajstić information content (AvgIpc) is 2.52. The highest BCUT2D eigenvalue weighted by Crippen LogP contribution is 2.37. The summed E-state index contributed by atoms with van der Waals surface area (Å²) in [6, 6.07) is 5.17. The van der Waals surface area contributed by atoms with Crippen molar-refractivity contribution >= 4 is 44.6 Å². The minimum absolute atomic E-state index is 0.0199. The van der Waals surface area contributed by atoms with Gasteiger partial charge in [0, 0.05) is 21.5 Å². The summed E-state index contributed by atoms with van der Waals surface area (Å²) in [6.07, 6.45) is 0.0199. The number of carbonyl (C=O) groups excluding carboxylic acids is 1. The molecular weight excluding hydrogens is 408 g/mol. The third kappa shape index (κ3) is 3.37. The fraction of sp³-hybridized carbons (Fsp3) is 0.375. The lowest BCUT2D eigenvalue weighted by Gasteiger charge is -2.27. The molecule has 1 aromatic carbocycles. The molecule has 1 atom stereocenters. The zero-order valence-corrected chi connectivity index (χ0v) is 16.0. The predicted octanol–water partition coefficient (Wildman–Crippen LogP) is 1.91. The molecule has 0 saturated carbocycles. The summed E-state index contributed by atoms with van der Waals surface area (Å²) in [6.45, 7) is 3.20. The monoisotopic (exact) mass is 422 g/mol. The minimum Gasteiger partial charge on any atom is -0.338 e. The normalized spacial score (nSPS) is 16.5. The number of benzene rings is 1. The number of halogens is 1. The van der Waals surface area contributed by atoms with Crippen LogP contribution in [0, 0.1) is 11.3 Å². The summed E-state index contributed by atoms with van der Waals surface area (Å²) in [5.41, 5.74) is -1.21. The van der Waals surface area contributed by atoms with E-state index in [1.807, 2.05) is 12.1 Å². The Bertz CT molecular complexity index is 1030. The molecule has 0 fully saturated rings. The molecule has 1 aromatic heterocycles. The fourth-order valence-corrected chi connectivity index (χ4v) is 4.62. The first-order chi connectivity index (χ1) is 11.7. The smallest absolute Gasteiger partial charge is 0.317 e. The van der Waals surface area contributed by atoms with Crippen molar-refractivity contribution in [3.63, 3.8) is 0 Å². The number of nitrogens with one attached hydrogen (secondary N) is 2. The fourth-order valence-electron chi connectivity index (χ4n) is 2.82. The number of nitriles is 1. The molecule has 3 rings (SSSR count). The molecule has 1 aliphatic heterocycles. The Labute approximate surface area is 155 Å². The van der Waals surface area contributed by atoms with Crippen molar-refractivity contribution in [2.24, 2.45) is 0 Å². The third-order valence-electron chi connectivity index (χ3n) is 3.89. The second-order valence-corrected chi connectivity index (χ2v) is 8.36. The highest BCUT2D eigenvalue weighted by molar-refractivity contribution is 9.10. The first-order valence-corrected chi connectivity index (χ1v) is 9.33. The van der Waals surface area contributed by atoms with E-state index in [2.05, 4.69) is 26.2 Å². The van der Waals surface area contributed by atoms with Crippen LogP contribution in [0.2, 0.25) is 0 Å². The number of aromatic nitrogens is 2. The van der Waals surface area contributed by atoms with E-state index in [0.717, 1.165) is 9.37 Å². The van der Waals surface area contributed by atoms with Crippen LogP contribution in [-0.4, -0.2) is 26.8 Å². The van der Waals surface area contributed by atoms with E-state index in [1.165, 1.54) is 16.3 Å². The maximum atomic E-state index is 12.4. The summed E-state index contributed by atoms with van der Waals surface area (Å²) in [5, 5.41) is 11.7. The first-order valence-electron chi connectivity index (χ1n) is 7.55. The van der Waals surface area contributed by atoms with Gasteiger partial charge >= 0.3 is 11.1 Å². The molecule has 0 saturated heterocycles. The van der Waals surface area contributed by atoms with Gasteiger partial charge in [-0.25, -0.2) is 0 Å². The van der Waals surface area contributed by atoms with Gasteiger partial charge in [0.25, 0.3) is 0 Å². The van der Waals surface area contributed by atoms with E-state index in [1.54, 1.807) is 19.9 Å². The molecule has 0 spiro atoms. The van der Waals surface area contributed by atoms with Gasteiger partial charge in [-0.3, -0.25) is 19.0 Å². The zero-order chi connectivity index (χ0) is 18.4. The molecule has 2 aromatic rings. The summed E-state index contributed by atoms with van der Waals surface area (Å²) < 4.78 is 2.21. The number of H-pyrrole nitrogens is 1. The van der Waals surface area contributed by atoms with Crippen LogP contribution in [-0.2, 0) is 4.79 Å². The van der Waals surface area contributed by atoms with Crippen molar-refractivity contribution in [1.82, 2.24) is 14.9 Å².